The van der Waals surface area contributed by atoms with Crippen molar-refractivity contribution in [2.45, 2.75) is 13.8 Å². The minimum Gasteiger partial charge on any atom is -0.444 e. The van der Waals surface area contributed by atoms with Crippen molar-refractivity contribution < 1.29 is 14.0 Å². The number of furan rings is 1. The Kier molecular flexibility index (Phi) is 7.15. The lowest BCUT2D eigenvalue weighted by Crippen LogP contribution is -2.20. The number of carbonyl (C=O) groups excluding carboxylic acids is 2. The molecule has 0 aliphatic carbocycles. The molecule has 2 amide bonds. The molecule has 188 valence electrons. The Morgan fingerprint density at radius 3 is 2.37 bits per heavy atom. The molecule has 5 rings (SSSR count). The Bertz CT molecular complexity index is 1690. The maximum Gasteiger partial charge on any atom is 0.291 e. The molecular formula is C30H23BrN4O3. The second-order valence-electron chi connectivity index (χ2n) is 8.66. The van der Waals surface area contributed by atoms with Crippen LogP contribution in [0.15, 0.2) is 105 Å². The van der Waals surface area contributed by atoms with Crippen LogP contribution in [0.2, 0.25) is 0 Å². The van der Waals surface area contributed by atoms with Crippen LogP contribution >= 0.6 is 15.9 Å². The van der Waals surface area contributed by atoms with Gasteiger partial charge in [0.25, 0.3) is 11.8 Å². The number of hydrogen-bond donors (Lipinski definition) is 2. The van der Waals surface area contributed by atoms with Crippen LogP contribution in [0.5, 0.6) is 0 Å². The first-order valence-electron chi connectivity index (χ1n) is 11.9. The Balaban J connectivity index is 1.35. The maximum absolute atomic E-state index is 13.3. The number of aromatic nitrogens is 1. The molecule has 0 aliphatic rings. The fourth-order valence-electron chi connectivity index (χ4n) is 4.04. The summed E-state index contributed by atoms with van der Waals surface area (Å²) in [5.74, 6) is -0.474. The van der Waals surface area contributed by atoms with Crippen molar-refractivity contribution in [3.05, 3.63) is 118 Å². The van der Waals surface area contributed by atoms with Gasteiger partial charge in [-0.15, -0.1) is 0 Å². The maximum atomic E-state index is 13.3. The molecule has 2 N–H and O–H groups in total. The quantitative estimate of drug-likeness (QED) is 0.171. The van der Waals surface area contributed by atoms with Crippen molar-refractivity contribution >= 4 is 50.0 Å². The molecular weight excluding hydrogens is 544 g/mol. The molecule has 0 saturated carbocycles. The van der Waals surface area contributed by atoms with E-state index in [1.807, 2.05) is 67.6 Å². The van der Waals surface area contributed by atoms with Crippen LogP contribution in [0, 0.1) is 6.92 Å². The van der Waals surface area contributed by atoms with Crippen LogP contribution in [-0.4, -0.2) is 22.5 Å². The highest BCUT2D eigenvalue weighted by Crippen LogP contribution is 2.27. The summed E-state index contributed by atoms with van der Waals surface area (Å²) in [7, 11) is 0. The molecule has 0 spiro atoms. The van der Waals surface area contributed by atoms with E-state index in [-0.39, 0.29) is 17.6 Å². The van der Waals surface area contributed by atoms with Crippen molar-refractivity contribution in [2.75, 3.05) is 5.32 Å². The van der Waals surface area contributed by atoms with E-state index in [1.54, 1.807) is 37.3 Å². The monoisotopic (exact) mass is 566 g/mol. The van der Waals surface area contributed by atoms with E-state index >= 15 is 0 Å². The number of hydrazone groups is 1. The van der Waals surface area contributed by atoms with Crippen molar-refractivity contribution in [3.8, 4) is 11.3 Å². The van der Waals surface area contributed by atoms with Gasteiger partial charge in [0.2, 0.25) is 0 Å². The lowest BCUT2D eigenvalue weighted by Gasteiger charge is -2.11. The number of nitrogens with zero attached hydrogens (tertiary/aromatic N) is 2. The van der Waals surface area contributed by atoms with Gasteiger partial charge < -0.3 is 9.73 Å². The molecule has 5 aromatic rings. The third-order valence-electron chi connectivity index (χ3n) is 6.06. The molecule has 0 fully saturated rings. The SMILES string of the molecule is C/C(=N/NC(=O)c1cc(-c2ccccc2C)nc2ccccc12)c1ccc(NC(=O)c2ccc(Br)o2)cc1. The molecule has 2 heterocycles. The lowest BCUT2D eigenvalue weighted by molar-refractivity contribution is 0.0955. The topological polar surface area (TPSA) is 96.6 Å². The van der Waals surface area contributed by atoms with E-state index in [4.69, 9.17) is 9.40 Å². The van der Waals surface area contributed by atoms with E-state index < -0.39 is 0 Å². The van der Waals surface area contributed by atoms with Gasteiger partial charge in [-0.1, -0.05) is 54.6 Å². The number of benzene rings is 3. The third kappa shape index (κ3) is 5.40. The van der Waals surface area contributed by atoms with Crippen LogP contribution in [0.25, 0.3) is 22.2 Å². The van der Waals surface area contributed by atoms with Crippen LogP contribution in [0.4, 0.5) is 5.69 Å². The minimum atomic E-state index is -0.351. The van der Waals surface area contributed by atoms with Crippen LogP contribution in [-0.2, 0) is 0 Å². The fraction of sp³-hybridized carbons (Fsp3) is 0.0667. The molecule has 7 nitrogen and oxygen atoms in total. The lowest BCUT2D eigenvalue weighted by atomic mass is 10.0. The smallest absolute Gasteiger partial charge is 0.291 e. The van der Waals surface area contributed by atoms with Crippen LogP contribution < -0.4 is 10.7 Å². The average Bonchev–Trinajstić information content (AvgIpc) is 3.38. The van der Waals surface area contributed by atoms with Gasteiger partial charge in [-0.3, -0.25) is 9.59 Å². The van der Waals surface area contributed by atoms with Crippen LogP contribution in [0.3, 0.4) is 0 Å². The molecule has 0 aliphatic heterocycles. The van der Waals surface area contributed by atoms with E-state index in [9.17, 15) is 9.59 Å². The van der Waals surface area contributed by atoms with Gasteiger partial charge in [-0.25, -0.2) is 10.4 Å². The van der Waals surface area contributed by atoms with Gasteiger partial charge in [-0.2, -0.15) is 5.10 Å². The minimum absolute atomic E-state index is 0.204. The van der Waals surface area contributed by atoms with Crippen molar-refractivity contribution in [1.29, 1.82) is 0 Å². The summed E-state index contributed by atoms with van der Waals surface area (Å²) in [5.41, 5.74) is 8.71. The number of para-hydroxylation sites is 1. The molecule has 0 bridgehead atoms. The standard InChI is InChI=1S/C30H23BrN4O3/c1-18-7-3-4-8-22(18)26-17-24(23-9-5-6-10-25(23)33-26)29(36)35-34-19(2)20-11-13-21(14-12-20)32-30(37)27-15-16-28(31)38-27/h3-17H,1-2H3,(H,32,37)(H,35,36)/b34-19-. The fourth-order valence-corrected chi connectivity index (χ4v) is 4.35. The number of rotatable bonds is 6. The summed E-state index contributed by atoms with van der Waals surface area (Å²) >= 11 is 3.19. The molecule has 0 atom stereocenters. The molecule has 3 aromatic carbocycles. The third-order valence-corrected chi connectivity index (χ3v) is 6.49. The van der Waals surface area contributed by atoms with E-state index in [0.717, 1.165) is 33.3 Å². The highest BCUT2D eigenvalue weighted by Gasteiger charge is 2.15. The van der Waals surface area contributed by atoms with E-state index in [2.05, 4.69) is 31.8 Å². The summed E-state index contributed by atoms with van der Waals surface area (Å²) in [5, 5.41) is 7.86. The van der Waals surface area contributed by atoms with Crippen molar-refractivity contribution in [1.82, 2.24) is 10.4 Å². The first-order valence-corrected chi connectivity index (χ1v) is 12.7. The summed E-state index contributed by atoms with van der Waals surface area (Å²) in [6.07, 6.45) is 0. The first kappa shape index (κ1) is 25.1. The second kappa shape index (κ2) is 10.8. The van der Waals surface area contributed by atoms with Crippen molar-refractivity contribution in [2.24, 2.45) is 5.10 Å². The molecule has 0 saturated heterocycles. The Hall–Kier alpha value is -4.56. The van der Waals surface area contributed by atoms with E-state index in [0.29, 0.717) is 21.6 Å². The van der Waals surface area contributed by atoms with Gasteiger partial charge in [0.15, 0.2) is 10.4 Å². The zero-order valence-electron chi connectivity index (χ0n) is 20.7. The normalized spacial score (nSPS) is 11.4. The molecule has 8 heteroatoms. The van der Waals surface area contributed by atoms with E-state index in [1.165, 1.54) is 0 Å². The van der Waals surface area contributed by atoms with Gasteiger partial charge in [0, 0.05) is 16.6 Å². The average molecular weight is 567 g/mol. The predicted molar refractivity (Wildman–Crippen MR) is 152 cm³/mol. The zero-order chi connectivity index (χ0) is 26.6. The Labute approximate surface area is 227 Å². The molecule has 0 unspecified atom stereocenters. The largest absolute Gasteiger partial charge is 0.444 e. The number of pyridine rings is 1. The summed E-state index contributed by atoms with van der Waals surface area (Å²) < 4.78 is 5.76. The highest BCUT2D eigenvalue weighted by atomic mass is 79.9. The Morgan fingerprint density at radius 2 is 1.63 bits per heavy atom. The highest BCUT2D eigenvalue weighted by molar-refractivity contribution is 9.10. The number of hydrogen-bond acceptors (Lipinski definition) is 5. The van der Waals surface area contributed by atoms with Gasteiger partial charge in [0.1, 0.15) is 0 Å². The number of fused-ring (bicyclic) bond motifs is 1. The van der Waals surface area contributed by atoms with Gasteiger partial charge in [0.05, 0.1) is 22.5 Å². The molecule has 2 aromatic heterocycles. The number of anilines is 1. The number of halogens is 1. The molecule has 38 heavy (non-hydrogen) atoms. The number of carbonyl (C=O) groups is 2. The van der Waals surface area contributed by atoms with Gasteiger partial charge in [-0.05, 0) is 77.3 Å². The zero-order valence-corrected chi connectivity index (χ0v) is 22.2. The van der Waals surface area contributed by atoms with Crippen molar-refractivity contribution in [3.63, 3.8) is 0 Å². The summed E-state index contributed by atoms with van der Waals surface area (Å²) in [6.45, 7) is 3.82. The predicted octanol–water partition coefficient (Wildman–Crippen LogP) is 6.97. The number of aryl methyl sites for hydroxylation is 1. The van der Waals surface area contributed by atoms with Crippen LogP contribution in [0.1, 0.15) is 39.0 Å². The summed E-state index contributed by atoms with van der Waals surface area (Å²) in [6, 6.07) is 27.7. The summed E-state index contributed by atoms with van der Waals surface area (Å²) in [4.78, 5) is 30.3. The number of nitrogens with one attached hydrogen (secondary N) is 2. The Morgan fingerprint density at radius 1 is 0.895 bits per heavy atom. The van der Waals surface area contributed by atoms with Gasteiger partial charge >= 0.3 is 0 Å². The second-order valence-corrected chi connectivity index (χ2v) is 9.44. The molecule has 0 radical (unpaired) electrons. The number of amides is 2. The first-order chi connectivity index (χ1) is 18.4.